The molecular weight excluding hydrogens is 1970 g/mol. The van der Waals surface area contributed by atoms with Gasteiger partial charge in [-0.1, -0.05) is 207 Å². The van der Waals surface area contributed by atoms with Crippen molar-refractivity contribution < 1.29 is 106 Å². The second-order valence-corrected chi connectivity index (χ2v) is 36.5. The van der Waals surface area contributed by atoms with Crippen molar-refractivity contribution in [2.45, 2.75) is 188 Å². The lowest BCUT2D eigenvalue weighted by molar-refractivity contribution is -0.161. The molecular formula is C115H137Br3O22. The second-order valence-electron chi connectivity index (χ2n) is 33.8. The van der Waals surface area contributed by atoms with Crippen molar-refractivity contribution in [1.82, 2.24) is 0 Å². The van der Waals surface area contributed by atoms with Crippen LogP contribution in [0.15, 0.2) is 238 Å². The van der Waals surface area contributed by atoms with Crippen LogP contribution in [0.25, 0.3) is 0 Å². The van der Waals surface area contributed by atoms with Gasteiger partial charge in [0.25, 0.3) is 0 Å². The molecule has 0 spiro atoms. The number of aromatic carboxylic acids is 1. The molecule has 11 aromatic rings. The van der Waals surface area contributed by atoms with Crippen molar-refractivity contribution in [2.24, 2.45) is 16.2 Å². The Balaban J connectivity index is 0.000000348. The molecule has 25 heteroatoms. The Kier molecular flexibility index (Phi) is 54.5. The van der Waals surface area contributed by atoms with Crippen molar-refractivity contribution in [2.75, 3.05) is 63.0 Å². The Bertz CT molecular complexity index is 5740. The number of aliphatic hydroxyl groups excluding tert-OH is 3. The van der Waals surface area contributed by atoms with Crippen LogP contribution in [0.4, 0.5) is 0 Å². The van der Waals surface area contributed by atoms with Crippen LogP contribution in [0, 0.1) is 89.4 Å². The molecule has 0 fully saturated rings. The summed E-state index contributed by atoms with van der Waals surface area (Å²) in [5.74, 6) is 6.14. The van der Waals surface area contributed by atoms with E-state index in [1.54, 1.807) is 89.0 Å². The number of ether oxygens (including phenoxy) is 13. The fraction of sp³-hybridized carbons (Fsp3) is 0.348. The number of carboxylic acids is 1. The number of rotatable bonds is 37. The Morgan fingerprint density at radius 2 is 0.614 bits per heavy atom. The molecule has 750 valence electrons. The lowest BCUT2D eigenvalue weighted by Gasteiger charge is -2.32. The molecule has 0 saturated carbocycles. The number of carbonyl (C=O) groups excluding carboxylic acids is 4. The molecule has 22 nitrogen and oxygen atoms in total. The van der Waals surface area contributed by atoms with Crippen molar-refractivity contribution >= 4 is 78.0 Å². The van der Waals surface area contributed by atoms with E-state index < -0.39 is 46.5 Å². The minimum Gasteiger partial charge on any atom is -0.497 e. The monoisotopic (exact) mass is 2110 g/mol. The number of carbonyl (C=O) groups is 5. The first-order valence-corrected chi connectivity index (χ1v) is 47.5. The molecule has 0 aliphatic carbocycles. The summed E-state index contributed by atoms with van der Waals surface area (Å²) in [6.45, 7) is 32.5. The molecule has 11 rings (SSSR count). The minimum atomic E-state index is -1.04. The number of methoxy groups -OCH3 is 7. The fourth-order valence-corrected chi connectivity index (χ4v) is 14.8. The topological polar surface area (TPSA) is 286 Å². The zero-order valence-corrected chi connectivity index (χ0v) is 89.3. The van der Waals surface area contributed by atoms with E-state index >= 15 is 0 Å². The van der Waals surface area contributed by atoms with Crippen LogP contribution in [-0.4, -0.2) is 114 Å². The van der Waals surface area contributed by atoms with E-state index in [4.69, 9.17) is 84.6 Å². The maximum atomic E-state index is 12.4. The molecule has 0 saturated heterocycles. The molecule has 3 atom stereocenters. The molecule has 140 heavy (non-hydrogen) atoms. The van der Waals surface area contributed by atoms with Gasteiger partial charge in [-0.2, -0.15) is 0 Å². The van der Waals surface area contributed by atoms with Crippen molar-refractivity contribution in [1.29, 1.82) is 0 Å². The summed E-state index contributed by atoms with van der Waals surface area (Å²) in [5, 5.41) is 37.5. The number of benzene rings is 11. The standard InChI is InChI=1S/C25H30O5.C22H28O5.C17H22O4.C17H18O3.C16H17BrO2.C8H7BrO2.C8H9BrO.C2H6/c1-7-14-30-23(25(3,4)24(26)28-6)20-11-8-18(2)21(15-20)17-29-16-19-9-12-22(27-5)13-10-19;1-15-6-9-17(20(23)22(2,3)21(24)26-5)12-18(15)14-27-13-16-7-10-19(25-4)11-8-16;1-6-9-21-15(17(3,4)16(19)20-5)13-8-7-12(2)14(10-13)11-18;1-13-3-4-15(10-18)9-16(13)12-20-11-14-5-7-17(19-2)8-6-14;1-12-3-6-15(17)9-14(12)11-19-10-13-4-7-16(18-2)8-5-13;1-5-2-3-6(9)4-7(5)8(10)11;1-6-2-3-8(9)4-7(6)5-10;1-2/h1,8-13,15,23H,14,16-17H2,2-6H3;6-12,20,23H,13-14H2,1-5H3;1,7-8,10,15,18H,9,11H2,2-5H3;3-10H,11-12H2,1-2H3;3-9H,10-11H2,1-2H3;2-4H,1H3,(H,10,11);2-4,10H,5H2,1H3;1-2H3. The zero-order chi connectivity index (χ0) is 104. The third-order valence-corrected chi connectivity index (χ3v) is 24.0. The molecule has 0 aliphatic heterocycles. The average molecular weight is 2110 g/mol. The van der Waals surface area contributed by atoms with Crippen molar-refractivity contribution in [3.05, 3.63) is 360 Å². The highest BCUT2D eigenvalue weighted by molar-refractivity contribution is 9.11. The van der Waals surface area contributed by atoms with Gasteiger partial charge in [0.05, 0.1) is 156 Å². The highest BCUT2D eigenvalue weighted by Crippen LogP contribution is 2.41. The third kappa shape index (κ3) is 39.8. The summed E-state index contributed by atoms with van der Waals surface area (Å²) in [4.78, 5) is 57.7. The van der Waals surface area contributed by atoms with E-state index in [1.165, 1.54) is 32.5 Å². The number of halogens is 3. The molecule has 0 aromatic heterocycles. The van der Waals surface area contributed by atoms with E-state index in [9.17, 15) is 34.2 Å². The van der Waals surface area contributed by atoms with Gasteiger partial charge < -0.3 is 82.0 Å². The Labute approximate surface area is 853 Å². The van der Waals surface area contributed by atoms with Crippen molar-refractivity contribution in [3.63, 3.8) is 0 Å². The quantitative estimate of drug-likeness (QED) is 0.0122. The Morgan fingerprint density at radius 3 is 0.914 bits per heavy atom. The summed E-state index contributed by atoms with van der Waals surface area (Å²) in [7, 11) is 10.6. The average Bonchev–Trinajstić information content (AvgIpc) is 0.800. The van der Waals surface area contributed by atoms with Crippen LogP contribution in [0.3, 0.4) is 0 Å². The molecule has 11 aromatic carbocycles. The molecule has 4 N–H and O–H groups in total. The smallest absolute Gasteiger partial charge is 0.335 e. The molecule has 0 radical (unpaired) electrons. The predicted molar refractivity (Wildman–Crippen MR) is 560 cm³/mol. The second kappa shape index (κ2) is 63.2. The van der Waals surface area contributed by atoms with Crippen LogP contribution in [0.5, 0.6) is 23.0 Å². The highest BCUT2D eigenvalue weighted by Gasteiger charge is 2.42. The first-order valence-electron chi connectivity index (χ1n) is 45.2. The molecule has 0 aliphatic rings. The highest BCUT2D eigenvalue weighted by atomic mass is 79.9. The van der Waals surface area contributed by atoms with Gasteiger partial charge in [0.15, 0.2) is 0 Å². The Morgan fingerprint density at radius 1 is 0.350 bits per heavy atom. The first kappa shape index (κ1) is 121. The van der Waals surface area contributed by atoms with Crippen LogP contribution >= 0.6 is 47.8 Å². The van der Waals surface area contributed by atoms with E-state index in [2.05, 4.69) is 78.7 Å². The van der Waals surface area contributed by atoms with Crippen LogP contribution in [0.1, 0.15) is 206 Å². The van der Waals surface area contributed by atoms with Crippen LogP contribution in [-0.2, 0) is 123 Å². The first-order chi connectivity index (χ1) is 66.7. The van der Waals surface area contributed by atoms with Gasteiger partial charge in [0.1, 0.15) is 42.5 Å². The van der Waals surface area contributed by atoms with Gasteiger partial charge >= 0.3 is 23.9 Å². The number of carboxylic acid groups (broad SMARTS) is 1. The van der Waals surface area contributed by atoms with Gasteiger partial charge in [-0.25, -0.2) is 4.79 Å². The summed E-state index contributed by atoms with van der Waals surface area (Å²) < 4.78 is 72.9. The minimum absolute atomic E-state index is 0.0693. The predicted octanol–water partition coefficient (Wildman–Crippen LogP) is 24.7. The van der Waals surface area contributed by atoms with Crippen LogP contribution < -0.4 is 18.9 Å². The summed E-state index contributed by atoms with van der Waals surface area (Å²) in [5.41, 5.74) is 18.3. The SMILES string of the molecule is C#CCOC(c1ccc(C)c(CO)c1)C(C)(C)C(=O)OC.C#CCOC(c1ccc(C)c(COCc2ccc(OC)cc2)c1)C(C)(C)C(=O)OC.CC.COC(=O)C(C)(C)C(O)c1ccc(C)c(COCc2ccc(OC)cc2)c1.COc1ccc(COCc2cc(Br)ccc2C)cc1.COc1ccc(COCc2cc(C=O)ccc2C)cc1.Cc1ccc(Br)cc1C(=O)O.Cc1ccc(Br)cc1CO. The maximum Gasteiger partial charge on any atom is 0.335 e. The van der Waals surface area contributed by atoms with Crippen molar-refractivity contribution in [3.8, 4) is 47.7 Å². The molecule has 0 heterocycles. The summed E-state index contributed by atoms with van der Waals surface area (Å²) >= 11 is 10.0. The largest absolute Gasteiger partial charge is 0.497 e. The normalized spacial score (nSPS) is 11.3. The number of hydrogen-bond acceptors (Lipinski definition) is 21. The molecule has 0 bridgehead atoms. The zero-order valence-electron chi connectivity index (χ0n) is 84.6. The number of aliphatic hydroxyl groups is 3. The molecule has 0 amide bonds. The number of esters is 3. The lowest BCUT2D eigenvalue weighted by atomic mass is 9.81. The molecule has 3 unspecified atom stereocenters. The fourth-order valence-electron chi connectivity index (χ4n) is 13.6. The van der Waals surface area contributed by atoms with Crippen LogP contribution in [0.2, 0.25) is 0 Å². The number of hydrogen-bond donors (Lipinski definition) is 4. The van der Waals surface area contributed by atoms with Gasteiger partial charge in [0.2, 0.25) is 0 Å². The van der Waals surface area contributed by atoms with Gasteiger partial charge in [-0.3, -0.25) is 19.2 Å². The Hall–Kier alpha value is -11.6. The van der Waals surface area contributed by atoms with E-state index in [-0.39, 0.29) is 38.4 Å². The maximum absolute atomic E-state index is 12.4. The van der Waals surface area contributed by atoms with Gasteiger partial charge in [-0.15, -0.1) is 12.8 Å². The third-order valence-electron chi connectivity index (χ3n) is 22.5. The van der Waals surface area contributed by atoms with E-state index in [0.29, 0.717) is 69.5 Å². The number of terminal acetylenes is 2. The summed E-state index contributed by atoms with van der Waals surface area (Å²) in [6.07, 6.45) is 9.43. The lowest BCUT2D eigenvalue weighted by Crippen LogP contribution is -2.34. The van der Waals surface area contributed by atoms with Gasteiger partial charge in [-0.05, 0) is 292 Å². The number of aldehydes is 1. The van der Waals surface area contributed by atoms with E-state index in [1.807, 2.05) is 249 Å². The van der Waals surface area contributed by atoms with Gasteiger partial charge in [0, 0.05) is 19.0 Å². The summed E-state index contributed by atoms with van der Waals surface area (Å²) in [6, 6.07) is 71.4. The van der Waals surface area contributed by atoms with E-state index in [0.717, 1.165) is 137 Å². The number of aryl methyl sites for hydroxylation is 7.